The molecule has 20 heavy (non-hydrogen) atoms. The number of hydrogen-bond donors (Lipinski definition) is 2. The third kappa shape index (κ3) is 1.64. The Labute approximate surface area is 113 Å². The molecule has 8 nitrogen and oxygen atoms in total. The Morgan fingerprint density at radius 1 is 1.45 bits per heavy atom. The summed E-state index contributed by atoms with van der Waals surface area (Å²) in [6.07, 6.45) is 4.31. The molecule has 104 valence electrons. The van der Waals surface area contributed by atoms with Crippen LogP contribution in [0, 0.1) is 17.8 Å². The SMILES string of the molecule is CC1C=CCC2C(=O)N(c3n[nH]c(C(=O)O)n3)C(=O)C12. The Balaban J connectivity index is 1.96. The predicted octanol–water partition coefficient (Wildman–Crippen LogP) is 0.204. The Bertz CT molecular complexity index is 635. The van der Waals surface area contributed by atoms with Crippen LogP contribution in [0.25, 0.3) is 0 Å². The van der Waals surface area contributed by atoms with Gasteiger partial charge in [-0.3, -0.25) is 14.7 Å². The standard InChI is InChI=1S/C12H12N4O4/c1-5-3-2-4-6-7(5)10(18)16(9(6)17)12-13-8(11(19)20)14-15-12/h2-3,5-7H,4H2,1H3,(H,19,20)(H,13,14,15). The van der Waals surface area contributed by atoms with Gasteiger partial charge in [-0.2, -0.15) is 4.98 Å². The van der Waals surface area contributed by atoms with Crippen LogP contribution in [-0.4, -0.2) is 38.1 Å². The average Bonchev–Trinajstić information content (AvgIpc) is 2.95. The van der Waals surface area contributed by atoms with Gasteiger partial charge in [0.15, 0.2) is 0 Å². The van der Waals surface area contributed by atoms with E-state index in [1.165, 1.54) is 0 Å². The van der Waals surface area contributed by atoms with Crippen LogP contribution in [0.3, 0.4) is 0 Å². The topological polar surface area (TPSA) is 116 Å². The van der Waals surface area contributed by atoms with Crippen LogP contribution in [0.5, 0.6) is 0 Å². The summed E-state index contributed by atoms with van der Waals surface area (Å²) in [6, 6.07) is 0. The lowest BCUT2D eigenvalue weighted by atomic mass is 9.78. The van der Waals surface area contributed by atoms with Crippen LogP contribution in [0.4, 0.5) is 5.95 Å². The normalized spacial score (nSPS) is 28.9. The number of rotatable bonds is 2. The molecule has 0 saturated carbocycles. The van der Waals surface area contributed by atoms with Gasteiger partial charge in [0.05, 0.1) is 11.8 Å². The van der Waals surface area contributed by atoms with Gasteiger partial charge >= 0.3 is 5.97 Å². The smallest absolute Gasteiger partial charge is 0.373 e. The van der Waals surface area contributed by atoms with Crippen LogP contribution >= 0.6 is 0 Å². The summed E-state index contributed by atoms with van der Waals surface area (Å²) in [5.41, 5.74) is 0. The Morgan fingerprint density at radius 3 is 2.80 bits per heavy atom. The van der Waals surface area contributed by atoms with E-state index >= 15 is 0 Å². The molecule has 0 spiro atoms. The van der Waals surface area contributed by atoms with Gasteiger partial charge in [-0.05, 0) is 12.3 Å². The number of carbonyl (C=O) groups is 3. The number of hydrogen-bond acceptors (Lipinski definition) is 5. The lowest BCUT2D eigenvalue weighted by Gasteiger charge is -2.22. The van der Waals surface area contributed by atoms with E-state index in [1.54, 1.807) is 0 Å². The zero-order chi connectivity index (χ0) is 14.4. The lowest BCUT2D eigenvalue weighted by Crippen LogP contribution is -2.32. The molecule has 8 heteroatoms. The molecule has 2 heterocycles. The number of aromatic nitrogens is 3. The second-order valence-corrected chi connectivity index (χ2v) is 4.96. The minimum absolute atomic E-state index is 0.0342. The number of fused-ring (bicyclic) bond motifs is 1. The van der Waals surface area contributed by atoms with Crippen LogP contribution < -0.4 is 4.90 Å². The van der Waals surface area contributed by atoms with E-state index in [-0.39, 0.29) is 23.7 Å². The van der Waals surface area contributed by atoms with Crippen molar-refractivity contribution < 1.29 is 19.5 Å². The summed E-state index contributed by atoms with van der Waals surface area (Å²) >= 11 is 0. The number of carboxylic acids is 1. The number of anilines is 1. The number of aromatic carboxylic acids is 1. The molecular formula is C12H12N4O4. The number of amides is 2. The maximum Gasteiger partial charge on any atom is 0.373 e. The molecule has 1 fully saturated rings. The first kappa shape index (κ1) is 12.5. The molecule has 3 unspecified atom stereocenters. The van der Waals surface area contributed by atoms with Crippen molar-refractivity contribution in [3.8, 4) is 0 Å². The lowest BCUT2D eigenvalue weighted by molar-refractivity contribution is -0.122. The number of nitrogens with zero attached hydrogens (tertiary/aromatic N) is 3. The first-order valence-electron chi connectivity index (χ1n) is 6.21. The van der Waals surface area contributed by atoms with Crippen molar-refractivity contribution in [2.24, 2.45) is 17.8 Å². The molecule has 1 aromatic heterocycles. The van der Waals surface area contributed by atoms with E-state index in [4.69, 9.17) is 5.11 Å². The number of carboxylic acid groups (broad SMARTS) is 1. The van der Waals surface area contributed by atoms with Crippen molar-refractivity contribution in [3.63, 3.8) is 0 Å². The molecule has 1 aromatic rings. The van der Waals surface area contributed by atoms with Gasteiger partial charge in [-0.15, -0.1) is 5.10 Å². The second kappa shape index (κ2) is 4.26. The molecule has 1 aliphatic carbocycles. The third-order valence-electron chi connectivity index (χ3n) is 3.75. The molecule has 2 amide bonds. The maximum absolute atomic E-state index is 12.4. The first-order valence-corrected chi connectivity index (χ1v) is 6.21. The fourth-order valence-electron chi connectivity index (χ4n) is 2.79. The largest absolute Gasteiger partial charge is 0.475 e. The monoisotopic (exact) mass is 276 g/mol. The maximum atomic E-state index is 12.4. The number of aromatic amines is 1. The van der Waals surface area contributed by atoms with E-state index in [1.807, 2.05) is 19.1 Å². The van der Waals surface area contributed by atoms with Crippen molar-refractivity contribution in [2.75, 3.05) is 4.90 Å². The molecule has 0 aromatic carbocycles. The Morgan fingerprint density at radius 2 is 2.20 bits per heavy atom. The fraction of sp³-hybridized carbons (Fsp3) is 0.417. The Kier molecular flexibility index (Phi) is 2.66. The van der Waals surface area contributed by atoms with Gasteiger partial charge in [0.1, 0.15) is 0 Å². The molecule has 1 aliphatic heterocycles. The van der Waals surface area contributed by atoms with Gasteiger partial charge < -0.3 is 5.11 Å². The zero-order valence-corrected chi connectivity index (χ0v) is 10.6. The third-order valence-corrected chi connectivity index (χ3v) is 3.75. The number of nitrogens with one attached hydrogen (secondary N) is 1. The highest BCUT2D eigenvalue weighted by atomic mass is 16.4. The second-order valence-electron chi connectivity index (χ2n) is 4.96. The van der Waals surface area contributed by atoms with Gasteiger partial charge in [0, 0.05) is 0 Å². The summed E-state index contributed by atoms with van der Waals surface area (Å²) in [7, 11) is 0. The van der Waals surface area contributed by atoms with Crippen molar-refractivity contribution in [3.05, 3.63) is 18.0 Å². The van der Waals surface area contributed by atoms with Crippen LogP contribution in [0.15, 0.2) is 12.2 Å². The quantitative estimate of drug-likeness (QED) is 0.589. The molecule has 0 radical (unpaired) electrons. The molecule has 3 atom stereocenters. The number of allylic oxidation sites excluding steroid dienone is 2. The van der Waals surface area contributed by atoms with Crippen molar-refractivity contribution in [1.29, 1.82) is 0 Å². The molecule has 2 aliphatic rings. The molecule has 0 bridgehead atoms. The first-order chi connectivity index (χ1) is 9.50. The van der Waals surface area contributed by atoms with E-state index in [0.717, 1.165) is 4.90 Å². The van der Waals surface area contributed by atoms with Crippen molar-refractivity contribution >= 4 is 23.7 Å². The van der Waals surface area contributed by atoms with E-state index in [0.29, 0.717) is 6.42 Å². The number of imide groups is 1. The van der Waals surface area contributed by atoms with Gasteiger partial charge in [-0.25, -0.2) is 9.69 Å². The molecular weight excluding hydrogens is 264 g/mol. The Hall–Kier alpha value is -2.51. The molecule has 3 rings (SSSR count). The minimum Gasteiger partial charge on any atom is -0.475 e. The van der Waals surface area contributed by atoms with Crippen molar-refractivity contribution in [1.82, 2.24) is 15.2 Å². The number of H-pyrrole nitrogens is 1. The number of carbonyl (C=O) groups excluding carboxylic acids is 2. The predicted molar refractivity (Wildman–Crippen MR) is 65.7 cm³/mol. The van der Waals surface area contributed by atoms with E-state index in [2.05, 4.69) is 15.2 Å². The summed E-state index contributed by atoms with van der Waals surface area (Å²) < 4.78 is 0. The summed E-state index contributed by atoms with van der Waals surface area (Å²) in [5, 5.41) is 14.6. The summed E-state index contributed by atoms with van der Waals surface area (Å²) in [6.45, 7) is 1.88. The minimum atomic E-state index is -1.30. The van der Waals surface area contributed by atoms with Gasteiger partial charge in [-0.1, -0.05) is 19.1 Å². The highest BCUT2D eigenvalue weighted by Crippen LogP contribution is 2.39. The molecule has 2 N–H and O–H groups in total. The van der Waals surface area contributed by atoms with Gasteiger partial charge in [0.25, 0.3) is 5.95 Å². The fourth-order valence-corrected chi connectivity index (χ4v) is 2.79. The highest BCUT2D eigenvalue weighted by Gasteiger charge is 2.51. The summed E-state index contributed by atoms with van der Waals surface area (Å²) in [5.74, 6) is -3.49. The van der Waals surface area contributed by atoms with Crippen molar-refractivity contribution in [2.45, 2.75) is 13.3 Å². The highest BCUT2D eigenvalue weighted by molar-refractivity contribution is 6.21. The van der Waals surface area contributed by atoms with Gasteiger partial charge in [0.2, 0.25) is 17.6 Å². The summed E-state index contributed by atoms with van der Waals surface area (Å²) in [4.78, 5) is 40.0. The zero-order valence-electron chi connectivity index (χ0n) is 10.6. The molecule has 1 saturated heterocycles. The van der Waals surface area contributed by atoms with E-state index in [9.17, 15) is 14.4 Å². The van der Waals surface area contributed by atoms with Crippen LogP contribution in [0.1, 0.15) is 24.0 Å². The van der Waals surface area contributed by atoms with E-state index < -0.39 is 23.6 Å². The average molecular weight is 276 g/mol. The van der Waals surface area contributed by atoms with Crippen LogP contribution in [-0.2, 0) is 9.59 Å². The van der Waals surface area contributed by atoms with Crippen LogP contribution in [0.2, 0.25) is 0 Å².